The van der Waals surface area contributed by atoms with Crippen molar-refractivity contribution in [2.75, 3.05) is 5.32 Å². The van der Waals surface area contributed by atoms with Crippen LogP contribution >= 0.6 is 23.2 Å². The quantitative estimate of drug-likeness (QED) is 0.629. The predicted molar refractivity (Wildman–Crippen MR) is 88.9 cm³/mol. The Morgan fingerprint density at radius 2 is 1.64 bits per heavy atom. The lowest BCUT2D eigenvalue weighted by molar-refractivity contribution is -0.393. The first-order valence-electron chi connectivity index (χ1n) is 6.38. The molecule has 25 heavy (non-hydrogen) atoms. The van der Waals surface area contributed by atoms with E-state index in [1.807, 2.05) is 6.07 Å². The van der Waals surface area contributed by atoms with Gasteiger partial charge in [-0.1, -0.05) is 23.2 Å². The predicted octanol–water partition coefficient (Wildman–Crippen LogP) is 3.93. The molecule has 2 aromatic carbocycles. The Bertz CT molecular complexity index is 920. The summed E-state index contributed by atoms with van der Waals surface area (Å²) >= 11 is 11.5. The molecule has 0 saturated carbocycles. The number of nitro benzene ring substituents is 2. The van der Waals surface area contributed by atoms with Gasteiger partial charge in [-0.3, -0.25) is 25.0 Å². The third-order valence-corrected chi connectivity index (χ3v) is 3.74. The highest BCUT2D eigenvalue weighted by Crippen LogP contribution is 2.35. The molecule has 0 unspecified atom stereocenters. The van der Waals surface area contributed by atoms with E-state index < -0.39 is 32.2 Å². The Morgan fingerprint density at radius 3 is 2.08 bits per heavy atom. The zero-order valence-corrected chi connectivity index (χ0v) is 13.5. The molecule has 11 heteroatoms. The normalized spacial score (nSPS) is 9.96. The third kappa shape index (κ3) is 3.82. The fourth-order valence-corrected chi connectivity index (χ4v) is 2.35. The van der Waals surface area contributed by atoms with Crippen molar-refractivity contribution in [3.8, 4) is 6.07 Å². The number of halogens is 2. The molecule has 0 aromatic heterocycles. The molecule has 0 heterocycles. The van der Waals surface area contributed by atoms with Gasteiger partial charge in [0.05, 0.1) is 26.0 Å². The number of rotatable bonds is 4. The first-order chi connectivity index (χ1) is 11.7. The Labute approximate surface area is 149 Å². The zero-order chi connectivity index (χ0) is 18.7. The maximum absolute atomic E-state index is 12.2. The van der Waals surface area contributed by atoms with Gasteiger partial charge < -0.3 is 5.32 Å². The Morgan fingerprint density at radius 1 is 1.08 bits per heavy atom. The van der Waals surface area contributed by atoms with Crippen molar-refractivity contribution in [3.63, 3.8) is 0 Å². The molecule has 2 rings (SSSR count). The maximum atomic E-state index is 12.2. The number of carbonyl (C=O) groups excluding carboxylic acids is 1. The molecule has 0 saturated heterocycles. The standard InChI is InChI=1S/C14H6Cl2N4O5/c15-10-5-9(2-1-7(10)6-17)18-14(21)8-3-11(19(22)23)13(16)12(4-8)20(24)25/h1-5H,(H,18,21). The van der Waals surface area contributed by atoms with Gasteiger partial charge in [-0.25, -0.2) is 0 Å². The van der Waals surface area contributed by atoms with Gasteiger partial charge in [-0.05, 0) is 18.2 Å². The number of anilines is 1. The van der Waals surface area contributed by atoms with Gasteiger partial charge in [0.1, 0.15) is 6.07 Å². The average molecular weight is 381 g/mol. The second-order valence-corrected chi connectivity index (χ2v) is 5.39. The second kappa shape index (κ2) is 7.12. The smallest absolute Gasteiger partial charge is 0.295 e. The molecule has 126 valence electrons. The number of carbonyl (C=O) groups is 1. The lowest BCUT2D eigenvalue weighted by atomic mass is 10.1. The number of nitrogens with one attached hydrogen (secondary N) is 1. The minimum absolute atomic E-state index is 0.0911. The van der Waals surface area contributed by atoms with Crippen LogP contribution in [-0.2, 0) is 0 Å². The van der Waals surface area contributed by atoms with Crippen LogP contribution in [0.5, 0.6) is 0 Å². The minimum Gasteiger partial charge on any atom is -0.322 e. The summed E-state index contributed by atoms with van der Waals surface area (Å²) in [5.41, 5.74) is -1.47. The fraction of sp³-hybridized carbons (Fsp3) is 0. The summed E-state index contributed by atoms with van der Waals surface area (Å²) in [7, 11) is 0. The van der Waals surface area contributed by atoms with E-state index in [1.165, 1.54) is 18.2 Å². The van der Waals surface area contributed by atoms with Gasteiger partial charge in [0.15, 0.2) is 5.02 Å². The summed E-state index contributed by atoms with van der Waals surface area (Å²) in [6, 6.07) is 7.56. The van der Waals surface area contributed by atoms with Crippen LogP contribution in [0.15, 0.2) is 30.3 Å². The molecule has 0 fully saturated rings. The van der Waals surface area contributed by atoms with Crippen molar-refractivity contribution >= 4 is 46.2 Å². The molecule has 9 nitrogen and oxygen atoms in total. The zero-order valence-electron chi connectivity index (χ0n) is 12.0. The van der Waals surface area contributed by atoms with Crippen molar-refractivity contribution in [1.29, 1.82) is 5.26 Å². The number of amides is 1. The average Bonchev–Trinajstić information content (AvgIpc) is 2.54. The van der Waals surface area contributed by atoms with Gasteiger partial charge in [-0.2, -0.15) is 5.26 Å². The Hall–Kier alpha value is -3.22. The summed E-state index contributed by atoms with van der Waals surface area (Å²) in [6.45, 7) is 0. The van der Waals surface area contributed by atoms with E-state index in [9.17, 15) is 25.0 Å². The van der Waals surface area contributed by atoms with Crippen LogP contribution in [0, 0.1) is 31.6 Å². The van der Waals surface area contributed by atoms with E-state index in [0.29, 0.717) is 0 Å². The first kappa shape index (κ1) is 18.1. The summed E-state index contributed by atoms with van der Waals surface area (Å²) in [4.78, 5) is 32.3. The molecule has 0 aliphatic carbocycles. The molecular formula is C14H6Cl2N4O5. The fourth-order valence-electron chi connectivity index (χ4n) is 1.88. The van der Waals surface area contributed by atoms with Crippen LogP contribution in [0.3, 0.4) is 0 Å². The number of nitro groups is 2. The van der Waals surface area contributed by atoms with Crippen molar-refractivity contribution < 1.29 is 14.6 Å². The lowest BCUT2D eigenvalue weighted by Crippen LogP contribution is -2.13. The van der Waals surface area contributed by atoms with Crippen molar-refractivity contribution in [2.45, 2.75) is 0 Å². The number of hydrogen-bond acceptors (Lipinski definition) is 6. The monoisotopic (exact) mass is 380 g/mol. The van der Waals surface area contributed by atoms with Gasteiger partial charge in [-0.15, -0.1) is 0 Å². The van der Waals surface area contributed by atoms with Crippen LogP contribution < -0.4 is 5.32 Å². The van der Waals surface area contributed by atoms with E-state index in [2.05, 4.69) is 5.32 Å². The first-order valence-corrected chi connectivity index (χ1v) is 7.13. The highest BCUT2D eigenvalue weighted by molar-refractivity contribution is 6.35. The number of nitrogens with zero attached hydrogens (tertiary/aromatic N) is 3. The Balaban J connectivity index is 2.42. The molecule has 0 spiro atoms. The molecule has 2 aromatic rings. The van der Waals surface area contributed by atoms with E-state index in [-0.39, 0.29) is 21.8 Å². The molecule has 0 aliphatic rings. The largest absolute Gasteiger partial charge is 0.322 e. The van der Waals surface area contributed by atoms with Crippen molar-refractivity contribution in [2.24, 2.45) is 0 Å². The minimum atomic E-state index is -0.926. The molecule has 0 atom stereocenters. The van der Waals surface area contributed by atoms with E-state index in [0.717, 1.165) is 12.1 Å². The van der Waals surface area contributed by atoms with Crippen LogP contribution in [0.4, 0.5) is 17.1 Å². The van der Waals surface area contributed by atoms with Crippen LogP contribution in [-0.4, -0.2) is 15.8 Å². The summed E-state index contributed by atoms with van der Waals surface area (Å²) in [5, 5.41) is 32.5. The third-order valence-electron chi connectivity index (χ3n) is 3.04. The van der Waals surface area contributed by atoms with E-state index >= 15 is 0 Å². The number of hydrogen-bond donors (Lipinski definition) is 1. The van der Waals surface area contributed by atoms with Gasteiger partial charge in [0, 0.05) is 17.8 Å². The SMILES string of the molecule is N#Cc1ccc(NC(=O)c2cc([N+](=O)[O-])c(Cl)c([N+](=O)[O-])c2)cc1Cl. The van der Waals surface area contributed by atoms with Crippen LogP contribution in [0.2, 0.25) is 10.0 Å². The van der Waals surface area contributed by atoms with Crippen LogP contribution in [0.25, 0.3) is 0 Å². The highest BCUT2D eigenvalue weighted by atomic mass is 35.5. The topological polar surface area (TPSA) is 139 Å². The molecule has 0 bridgehead atoms. The van der Waals surface area contributed by atoms with Crippen molar-refractivity contribution in [1.82, 2.24) is 0 Å². The van der Waals surface area contributed by atoms with Gasteiger partial charge in [0.25, 0.3) is 17.3 Å². The number of benzene rings is 2. The molecule has 0 radical (unpaired) electrons. The molecule has 1 amide bonds. The molecule has 0 aliphatic heterocycles. The van der Waals surface area contributed by atoms with Gasteiger partial charge >= 0.3 is 0 Å². The van der Waals surface area contributed by atoms with Crippen molar-refractivity contribution in [3.05, 3.63) is 71.7 Å². The highest BCUT2D eigenvalue weighted by Gasteiger charge is 2.27. The summed E-state index contributed by atoms with van der Waals surface area (Å²) < 4.78 is 0. The lowest BCUT2D eigenvalue weighted by Gasteiger charge is -2.07. The summed E-state index contributed by atoms with van der Waals surface area (Å²) in [6.07, 6.45) is 0. The molecule has 1 N–H and O–H groups in total. The molecular weight excluding hydrogens is 375 g/mol. The second-order valence-electron chi connectivity index (χ2n) is 4.60. The summed E-state index contributed by atoms with van der Waals surface area (Å²) in [5.74, 6) is -0.844. The number of nitriles is 1. The van der Waals surface area contributed by atoms with E-state index in [1.54, 1.807) is 0 Å². The van der Waals surface area contributed by atoms with Gasteiger partial charge in [0.2, 0.25) is 0 Å². The van der Waals surface area contributed by atoms with E-state index in [4.69, 9.17) is 28.5 Å². The maximum Gasteiger partial charge on any atom is 0.295 e. The van der Waals surface area contributed by atoms with Crippen LogP contribution in [0.1, 0.15) is 15.9 Å². The Kier molecular flexibility index (Phi) is 5.17.